The van der Waals surface area contributed by atoms with Crippen molar-refractivity contribution in [3.05, 3.63) is 76.2 Å². The molecule has 2 aromatic carbocycles. The largest absolute Gasteiger partial charge is 0.416 e. The van der Waals surface area contributed by atoms with Gasteiger partial charge in [-0.15, -0.1) is 0 Å². The number of alkyl halides is 3. The Kier molecular flexibility index (Phi) is 6.17. The molecule has 10 heteroatoms. The highest BCUT2D eigenvalue weighted by Gasteiger charge is 2.32. The van der Waals surface area contributed by atoms with Gasteiger partial charge in [-0.05, 0) is 36.2 Å². The summed E-state index contributed by atoms with van der Waals surface area (Å²) in [4.78, 5) is 43.0. The normalized spacial score (nSPS) is 15.1. The predicted molar refractivity (Wildman–Crippen MR) is 114 cm³/mol. The van der Waals surface area contributed by atoms with Crippen LogP contribution in [0, 0.1) is 0 Å². The first-order valence-corrected chi connectivity index (χ1v) is 10.4. The summed E-state index contributed by atoms with van der Waals surface area (Å²) in [5.74, 6) is -0.680. The standard InChI is InChI=1S/C23H21F3N4O3/c24-23(25,26)16-6-3-5-15(11-16)18(13-29-10-4-9-21(29)32)28-20(31)14-30-19-8-2-1-7-17(19)27-12-22(30)33/h1-3,5-8,11-12,18H,4,9-10,13-14H2,(H,28,31). The number of rotatable bonds is 6. The lowest BCUT2D eigenvalue weighted by Crippen LogP contribution is -2.41. The highest BCUT2D eigenvalue weighted by molar-refractivity contribution is 5.81. The summed E-state index contributed by atoms with van der Waals surface area (Å²) in [6.07, 6.45) is -2.41. The van der Waals surface area contributed by atoms with Crippen molar-refractivity contribution in [2.45, 2.75) is 31.6 Å². The highest BCUT2D eigenvalue weighted by atomic mass is 19.4. The van der Waals surface area contributed by atoms with Gasteiger partial charge in [-0.2, -0.15) is 13.2 Å². The molecule has 2 heterocycles. The lowest BCUT2D eigenvalue weighted by atomic mass is 10.0. The number of likely N-dealkylation sites (tertiary alicyclic amines) is 1. The zero-order valence-corrected chi connectivity index (χ0v) is 17.5. The fraction of sp³-hybridized carbons (Fsp3) is 0.304. The van der Waals surface area contributed by atoms with Crippen LogP contribution in [-0.4, -0.2) is 39.4 Å². The van der Waals surface area contributed by atoms with E-state index in [0.29, 0.717) is 30.4 Å². The summed E-state index contributed by atoms with van der Waals surface area (Å²) in [7, 11) is 0. The number of carbonyl (C=O) groups excluding carboxylic acids is 2. The van der Waals surface area contributed by atoms with Gasteiger partial charge in [-0.25, -0.2) is 4.98 Å². The first-order chi connectivity index (χ1) is 15.7. The molecular weight excluding hydrogens is 437 g/mol. The number of para-hydroxylation sites is 2. The number of hydrogen-bond acceptors (Lipinski definition) is 4. The molecule has 172 valence electrons. The summed E-state index contributed by atoms with van der Waals surface area (Å²) in [6.45, 7) is 0.168. The highest BCUT2D eigenvalue weighted by Crippen LogP contribution is 2.31. The van der Waals surface area contributed by atoms with E-state index in [0.717, 1.165) is 18.3 Å². The molecule has 4 rings (SSSR count). The van der Waals surface area contributed by atoms with Crippen LogP contribution in [0.1, 0.15) is 30.0 Å². The maximum atomic E-state index is 13.2. The van der Waals surface area contributed by atoms with E-state index < -0.39 is 29.2 Å². The minimum absolute atomic E-state index is 0.0396. The Balaban J connectivity index is 1.62. The maximum Gasteiger partial charge on any atom is 0.416 e. The fourth-order valence-electron chi connectivity index (χ4n) is 3.94. The van der Waals surface area contributed by atoms with Crippen molar-refractivity contribution in [1.82, 2.24) is 19.8 Å². The van der Waals surface area contributed by atoms with Gasteiger partial charge in [-0.1, -0.05) is 24.3 Å². The molecule has 0 spiro atoms. The van der Waals surface area contributed by atoms with Crippen LogP contribution in [0.4, 0.5) is 13.2 Å². The Morgan fingerprint density at radius 3 is 2.64 bits per heavy atom. The molecule has 1 unspecified atom stereocenters. The molecule has 0 radical (unpaired) electrons. The monoisotopic (exact) mass is 458 g/mol. The van der Waals surface area contributed by atoms with Crippen LogP contribution in [0.5, 0.6) is 0 Å². The smallest absolute Gasteiger partial charge is 0.346 e. The SMILES string of the molecule is O=C(Cn1c(=O)cnc2ccccc21)NC(CN1CCCC1=O)c1cccc(C(F)(F)F)c1. The third-order valence-electron chi connectivity index (χ3n) is 5.58. The van der Waals surface area contributed by atoms with Crippen molar-refractivity contribution >= 4 is 22.8 Å². The van der Waals surface area contributed by atoms with Gasteiger partial charge >= 0.3 is 6.18 Å². The maximum absolute atomic E-state index is 13.2. The molecule has 1 N–H and O–H groups in total. The number of hydrogen-bond donors (Lipinski definition) is 1. The van der Waals surface area contributed by atoms with Crippen LogP contribution in [-0.2, 0) is 22.3 Å². The molecule has 1 atom stereocenters. The average Bonchev–Trinajstić information content (AvgIpc) is 3.19. The predicted octanol–water partition coefficient (Wildman–Crippen LogP) is 2.90. The molecule has 0 aliphatic carbocycles. The van der Waals surface area contributed by atoms with Gasteiger partial charge in [0.05, 0.1) is 28.8 Å². The summed E-state index contributed by atoms with van der Waals surface area (Å²) < 4.78 is 41.0. The number of halogens is 3. The summed E-state index contributed by atoms with van der Waals surface area (Å²) in [5.41, 5.74) is -0.102. The van der Waals surface area contributed by atoms with E-state index in [1.807, 2.05) is 0 Å². The van der Waals surface area contributed by atoms with Gasteiger partial charge in [0.25, 0.3) is 5.56 Å². The van der Waals surface area contributed by atoms with Crippen LogP contribution in [0.2, 0.25) is 0 Å². The minimum atomic E-state index is -4.54. The molecular formula is C23H21F3N4O3. The molecule has 1 saturated heterocycles. The second-order valence-corrected chi connectivity index (χ2v) is 7.86. The quantitative estimate of drug-likeness (QED) is 0.616. The summed E-state index contributed by atoms with van der Waals surface area (Å²) in [5, 5.41) is 2.72. The second kappa shape index (κ2) is 9.05. The van der Waals surface area contributed by atoms with Gasteiger partial charge in [0.15, 0.2) is 0 Å². The molecule has 1 aromatic heterocycles. The average molecular weight is 458 g/mol. The van der Waals surface area contributed by atoms with E-state index in [1.54, 1.807) is 24.3 Å². The second-order valence-electron chi connectivity index (χ2n) is 7.86. The first kappa shape index (κ1) is 22.5. The van der Waals surface area contributed by atoms with Gasteiger partial charge in [0.2, 0.25) is 11.8 Å². The number of fused-ring (bicyclic) bond motifs is 1. The van der Waals surface area contributed by atoms with Crippen molar-refractivity contribution in [2.75, 3.05) is 13.1 Å². The van der Waals surface area contributed by atoms with Gasteiger partial charge < -0.3 is 10.2 Å². The van der Waals surface area contributed by atoms with Gasteiger partial charge in [0.1, 0.15) is 6.54 Å². The van der Waals surface area contributed by atoms with E-state index in [4.69, 9.17) is 0 Å². The topological polar surface area (TPSA) is 84.3 Å². The molecule has 3 aromatic rings. The van der Waals surface area contributed by atoms with Crippen molar-refractivity contribution in [1.29, 1.82) is 0 Å². The van der Waals surface area contributed by atoms with Crippen LogP contribution < -0.4 is 10.9 Å². The van der Waals surface area contributed by atoms with E-state index in [2.05, 4.69) is 10.3 Å². The lowest BCUT2D eigenvalue weighted by Gasteiger charge is -2.26. The third-order valence-corrected chi connectivity index (χ3v) is 5.58. The molecule has 1 fully saturated rings. The zero-order chi connectivity index (χ0) is 23.6. The molecule has 0 saturated carbocycles. The Morgan fingerprint density at radius 2 is 1.91 bits per heavy atom. The molecule has 1 aliphatic heterocycles. The minimum Gasteiger partial charge on any atom is -0.346 e. The zero-order valence-electron chi connectivity index (χ0n) is 17.5. The molecule has 7 nitrogen and oxygen atoms in total. The fourth-order valence-corrected chi connectivity index (χ4v) is 3.94. The first-order valence-electron chi connectivity index (χ1n) is 10.4. The third kappa shape index (κ3) is 5.05. The van der Waals surface area contributed by atoms with Crippen molar-refractivity contribution in [3.8, 4) is 0 Å². The van der Waals surface area contributed by atoms with Crippen LogP contribution in [0.15, 0.2) is 59.5 Å². The molecule has 33 heavy (non-hydrogen) atoms. The van der Waals surface area contributed by atoms with Crippen molar-refractivity contribution in [2.24, 2.45) is 0 Å². The van der Waals surface area contributed by atoms with E-state index in [-0.39, 0.29) is 24.6 Å². The molecule has 2 amide bonds. The van der Waals surface area contributed by atoms with E-state index in [1.165, 1.54) is 21.6 Å². The van der Waals surface area contributed by atoms with Crippen LogP contribution >= 0.6 is 0 Å². The number of nitrogens with one attached hydrogen (secondary N) is 1. The number of aromatic nitrogens is 2. The summed E-state index contributed by atoms with van der Waals surface area (Å²) in [6, 6.07) is 10.6. The Bertz CT molecular complexity index is 1260. The van der Waals surface area contributed by atoms with Gasteiger partial charge in [0, 0.05) is 19.5 Å². The molecule has 1 aliphatic rings. The number of carbonyl (C=O) groups is 2. The van der Waals surface area contributed by atoms with Gasteiger partial charge in [-0.3, -0.25) is 19.0 Å². The number of benzene rings is 2. The van der Waals surface area contributed by atoms with E-state index >= 15 is 0 Å². The van der Waals surface area contributed by atoms with E-state index in [9.17, 15) is 27.6 Å². The summed E-state index contributed by atoms with van der Waals surface area (Å²) >= 11 is 0. The Morgan fingerprint density at radius 1 is 1.12 bits per heavy atom. The number of amides is 2. The van der Waals surface area contributed by atoms with Crippen molar-refractivity contribution < 1.29 is 22.8 Å². The van der Waals surface area contributed by atoms with Crippen LogP contribution in [0.25, 0.3) is 11.0 Å². The molecule has 0 bridgehead atoms. The van der Waals surface area contributed by atoms with Crippen LogP contribution in [0.3, 0.4) is 0 Å². The Labute approximate surface area is 186 Å². The number of nitrogens with zero attached hydrogens (tertiary/aromatic N) is 3. The Hall–Kier alpha value is -3.69. The lowest BCUT2D eigenvalue weighted by molar-refractivity contribution is -0.137. The van der Waals surface area contributed by atoms with Crippen molar-refractivity contribution in [3.63, 3.8) is 0 Å².